The van der Waals surface area contributed by atoms with Gasteiger partial charge in [-0.1, -0.05) is 0 Å². The number of nitrogens with one attached hydrogen (secondary N) is 1. The Labute approximate surface area is 120 Å². The lowest BCUT2D eigenvalue weighted by molar-refractivity contribution is -0.384. The molecule has 1 aromatic rings. The van der Waals surface area contributed by atoms with Crippen LogP contribution in [0, 0.1) is 10.1 Å². The molecule has 0 saturated heterocycles. The van der Waals surface area contributed by atoms with E-state index in [2.05, 4.69) is 15.1 Å². The Morgan fingerprint density at radius 2 is 1.95 bits per heavy atom. The predicted octanol–water partition coefficient (Wildman–Crippen LogP) is 2.02. The summed E-state index contributed by atoms with van der Waals surface area (Å²) >= 11 is 0. The van der Waals surface area contributed by atoms with Crippen LogP contribution >= 0.6 is 0 Å². The van der Waals surface area contributed by atoms with Crippen LogP contribution in [-0.4, -0.2) is 55.5 Å². The zero-order chi connectivity index (χ0) is 15.1. The Morgan fingerprint density at radius 3 is 2.50 bits per heavy atom. The van der Waals surface area contributed by atoms with Crippen LogP contribution in [0.2, 0.25) is 0 Å². The maximum absolute atomic E-state index is 10.9. The molecule has 0 aliphatic carbocycles. The molecule has 0 aliphatic rings. The largest absolute Gasteiger partial charge is 0.385 e. The summed E-state index contributed by atoms with van der Waals surface area (Å²) in [5.74, 6) is 0. The summed E-state index contributed by atoms with van der Waals surface area (Å²) in [5.41, 5.74) is 2.07. The minimum atomic E-state index is -0.348. The summed E-state index contributed by atoms with van der Waals surface area (Å²) in [6.45, 7) is 5.38. The maximum atomic E-state index is 10.9. The number of likely N-dealkylation sites (N-methyl/N-ethyl adjacent to an activating group) is 2. The molecule has 0 unspecified atom stereocenters. The third-order valence-corrected chi connectivity index (χ3v) is 3.04. The lowest BCUT2D eigenvalue weighted by Gasteiger charge is -2.21. The van der Waals surface area contributed by atoms with E-state index in [0.717, 1.165) is 30.9 Å². The van der Waals surface area contributed by atoms with Crippen LogP contribution in [-0.2, 0) is 6.54 Å². The number of hydrogen-bond acceptors (Lipinski definition) is 5. The quantitative estimate of drug-likeness (QED) is 0.583. The fraction of sp³-hybridized carbons (Fsp3) is 0.571. The van der Waals surface area contributed by atoms with Gasteiger partial charge in [0.15, 0.2) is 0 Å². The fourth-order valence-corrected chi connectivity index (χ4v) is 1.93. The van der Waals surface area contributed by atoms with Gasteiger partial charge < -0.3 is 15.1 Å². The highest BCUT2D eigenvalue weighted by Crippen LogP contribution is 2.23. The molecule has 6 nitrogen and oxygen atoms in total. The van der Waals surface area contributed by atoms with Crippen molar-refractivity contribution in [1.82, 2.24) is 9.80 Å². The van der Waals surface area contributed by atoms with Gasteiger partial charge in [-0.2, -0.15) is 0 Å². The fourth-order valence-electron chi connectivity index (χ4n) is 1.93. The van der Waals surface area contributed by atoms with Crippen molar-refractivity contribution < 1.29 is 4.92 Å². The van der Waals surface area contributed by atoms with Gasteiger partial charge in [0.05, 0.1) is 4.92 Å². The second-order valence-electron chi connectivity index (χ2n) is 5.17. The first-order chi connectivity index (χ1) is 9.43. The van der Waals surface area contributed by atoms with E-state index >= 15 is 0 Å². The van der Waals surface area contributed by atoms with E-state index in [1.54, 1.807) is 18.2 Å². The van der Waals surface area contributed by atoms with Crippen molar-refractivity contribution in [1.29, 1.82) is 0 Å². The molecular formula is C14H24N4O2. The summed E-state index contributed by atoms with van der Waals surface area (Å²) in [5, 5.41) is 14.1. The zero-order valence-corrected chi connectivity index (χ0v) is 12.7. The molecule has 0 fully saturated rings. The van der Waals surface area contributed by atoms with Gasteiger partial charge in [0.25, 0.3) is 5.69 Å². The van der Waals surface area contributed by atoms with Crippen LogP contribution in [0.3, 0.4) is 0 Å². The van der Waals surface area contributed by atoms with Crippen LogP contribution in [0.1, 0.15) is 12.5 Å². The molecule has 0 amide bonds. The van der Waals surface area contributed by atoms with Crippen molar-refractivity contribution in [2.24, 2.45) is 0 Å². The van der Waals surface area contributed by atoms with Gasteiger partial charge in [0.1, 0.15) is 0 Å². The topological polar surface area (TPSA) is 61.7 Å². The Hall–Kier alpha value is -1.66. The monoisotopic (exact) mass is 280 g/mol. The normalized spacial score (nSPS) is 11.1. The molecule has 0 bridgehead atoms. The van der Waals surface area contributed by atoms with Crippen LogP contribution in [0.4, 0.5) is 11.4 Å². The number of rotatable bonds is 8. The Bertz CT molecular complexity index is 449. The number of nitro benzene ring substituents is 1. The average molecular weight is 280 g/mol. The smallest absolute Gasteiger partial charge is 0.269 e. The molecule has 0 saturated carbocycles. The highest BCUT2D eigenvalue weighted by Gasteiger charge is 2.12. The molecule has 6 heteroatoms. The molecule has 1 aromatic carbocycles. The van der Waals surface area contributed by atoms with Gasteiger partial charge >= 0.3 is 0 Å². The second kappa shape index (κ2) is 7.81. The van der Waals surface area contributed by atoms with Gasteiger partial charge in [-0.25, -0.2) is 0 Å². The first-order valence-corrected chi connectivity index (χ1v) is 6.78. The second-order valence-corrected chi connectivity index (χ2v) is 5.17. The highest BCUT2D eigenvalue weighted by molar-refractivity contribution is 5.56. The van der Waals surface area contributed by atoms with Crippen molar-refractivity contribution in [3.8, 4) is 0 Å². The predicted molar refractivity (Wildman–Crippen MR) is 82.1 cm³/mol. The lowest BCUT2D eigenvalue weighted by atomic mass is 10.1. The molecule has 0 radical (unpaired) electrons. The molecule has 20 heavy (non-hydrogen) atoms. The van der Waals surface area contributed by atoms with Crippen LogP contribution in [0.5, 0.6) is 0 Å². The summed E-state index contributed by atoms with van der Waals surface area (Å²) in [7, 11) is 6.09. The van der Waals surface area contributed by atoms with Crippen LogP contribution in [0.25, 0.3) is 0 Å². The van der Waals surface area contributed by atoms with E-state index in [0.29, 0.717) is 6.54 Å². The van der Waals surface area contributed by atoms with Gasteiger partial charge in [0.2, 0.25) is 0 Å². The number of hydrogen-bond donors (Lipinski definition) is 1. The Kier molecular flexibility index (Phi) is 6.41. The van der Waals surface area contributed by atoms with E-state index in [4.69, 9.17) is 0 Å². The minimum Gasteiger partial charge on any atom is -0.385 e. The molecule has 0 aromatic heterocycles. The number of nitro groups is 1. The van der Waals surface area contributed by atoms with Crippen molar-refractivity contribution >= 4 is 11.4 Å². The standard InChI is InChI=1S/C14H24N4O2/c1-5-15-14-7-6-13(18(19)20)10-12(14)11-17(4)9-8-16(2)3/h6-7,10,15H,5,8-9,11H2,1-4H3. The SMILES string of the molecule is CCNc1ccc([N+](=O)[O-])cc1CN(C)CCN(C)C. The van der Waals surface area contributed by atoms with Crippen LogP contribution < -0.4 is 5.32 Å². The minimum absolute atomic E-state index is 0.141. The maximum Gasteiger partial charge on any atom is 0.269 e. The van der Waals surface area contributed by atoms with Crippen molar-refractivity contribution in [3.63, 3.8) is 0 Å². The molecular weight excluding hydrogens is 256 g/mol. The molecule has 0 heterocycles. The summed E-state index contributed by atoms with van der Waals surface area (Å²) in [6, 6.07) is 4.99. The lowest BCUT2D eigenvalue weighted by Crippen LogP contribution is -2.28. The summed E-state index contributed by atoms with van der Waals surface area (Å²) in [4.78, 5) is 14.8. The molecule has 0 atom stereocenters. The number of benzene rings is 1. The van der Waals surface area contributed by atoms with E-state index in [1.807, 2.05) is 28.1 Å². The first kappa shape index (κ1) is 16.4. The van der Waals surface area contributed by atoms with E-state index in [-0.39, 0.29) is 10.6 Å². The van der Waals surface area contributed by atoms with Crippen molar-refractivity contribution in [2.75, 3.05) is 46.1 Å². The van der Waals surface area contributed by atoms with Gasteiger partial charge in [-0.05, 0) is 39.7 Å². The van der Waals surface area contributed by atoms with Gasteiger partial charge in [-0.3, -0.25) is 10.1 Å². The van der Waals surface area contributed by atoms with E-state index in [1.165, 1.54) is 0 Å². The zero-order valence-electron chi connectivity index (χ0n) is 12.7. The molecule has 1 rings (SSSR count). The molecule has 1 N–H and O–H groups in total. The third-order valence-electron chi connectivity index (χ3n) is 3.04. The molecule has 0 aliphatic heterocycles. The van der Waals surface area contributed by atoms with Crippen LogP contribution in [0.15, 0.2) is 18.2 Å². The Morgan fingerprint density at radius 1 is 1.25 bits per heavy atom. The van der Waals surface area contributed by atoms with Crippen molar-refractivity contribution in [3.05, 3.63) is 33.9 Å². The number of non-ortho nitro benzene ring substituents is 1. The Balaban J connectivity index is 2.83. The first-order valence-electron chi connectivity index (χ1n) is 6.78. The number of anilines is 1. The molecule has 112 valence electrons. The van der Waals surface area contributed by atoms with Crippen molar-refractivity contribution in [2.45, 2.75) is 13.5 Å². The molecule has 0 spiro atoms. The van der Waals surface area contributed by atoms with Gasteiger partial charge in [0, 0.05) is 44.0 Å². The van der Waals surface area contributed by atoms with E-state index in [9.17, 15) is 10.1 Å². The summed E-state index contributed by atoms with van der Waals surface area (Å²) < 4.78 is 0. The summed E-state index contributed by atoms with van der Waals surface area (Å²) in [6.07, 6.45) is 0. The highest BCUT2D eigenvalue weighted by atomic mass is 16.6. The average Bonchev–Trinajstić information content (AvgIpc) is 2.38. The third kappa shape index (κ3) is 5.14. The van der Waals surface area contributed by atoms with Gasteiger partial charge in [-0.15, -0.1) is 0 Å². The van der Waals surface area contributed by atoms with E-state index < -0.39 is 0 Å². The number of nitrogens with zero attached hydrogens (tertiary/aromatic N) is 3.